The van der Waals surface area contributed by atoms with Crippen LogP contribution in [0.2, 0.25) is 0 Å². The van der Waals surface area contributed by atoms with Crippen LogP contribution in [0.4, 0.5) is 0 Å². The SMILES string of the molecule is CCS(=O)(=O)CCNC(C)c1cccc(CO)c1. The van der Waals surface area contributed by atoms with Gasteiger partial charge in [-0.25, -0.2) is 8.42 Å². The molecule has 1 aromatic carbocycles. The minimum absolute atomic E-state index is 0.0186. The van der Waals surface area contributed by atoms with E-state index in [2.05, 4.69) is 5.32 Å². The smallest absolute Gasteiger partial charge is 0.151 e. The summed E-state index contributed by atoms with van der Waals surface area (Å²) >= 11 is 0. The molecule has 102 valence electrons. The molecular weight excluding hydrogens is 250 g/mol. The highest BCUT2D eigenvalue weighted by atomic mass is 32.2. The molecule has 1 unspecified atom stereocenters. The molecule has 1 atom stereocenters. The van der Waals surface area contributed by atoms with E-state index in [9.17, 15) is 8.42 Å². The number of hydrogen-bond acceptors (Lipinski definition) is 4. The van der Waals surface area contributed by atoms with Crippen molar-refractivity contribution in [2.24, 2.45) is 0 Å². The van der Waals surface area contributed by atoms with Gasteiger partial charge in [0.05, 0.1) is 12.4 Å². The van der Waals surface area contributed by atoms with Gasteiger partial charge in [0.15, 0.2) is 9.84 Å². The van der Waals surface area contributed by atoms with E-state index in [1.807, 2.05) is 31.2 Å². The Hall–Kier alpha value is -0.910. The molecule has 0 fully saturated rings. The standard InChI is InChI=1S/C13H21NO3S/c1-3-18(16,17)8-7-14-11(2)13-6-4-5-12(9-13)10-15/h4-6,9,11,14-15H,3,7-8,10H2,1-2H3. The zero-order chi connectivity index (χ0) is 13.6. The van der Waals surface area contributed by atoms with Gasteiger partial charge in [-0.3, -0.25) is 0 Å². The quantitative estimate of drug-likeness (QED) is 0.783. The Morgan fingerprint density at radius 3 is 2.72 bits per heavy atom. The van der Waals surface area contributed by atoms with Crippen LogP contribution in [0, 0.1) is 0 Å². The van der Waals surface area contributed by atoms with E-state index in [1.54, 1.807) is 6.92 Å². The second-order valence-electron chi connectivity index (χ2n) is 4.32. The van der Waals surface area contributed by atoms with Crippen molar-refractivity contribution in [3.8, 4) is 0 Å². The lowest BCUT2D eigenvalue weighted by Gasteiger charge is -2.15. The molecule has 0 heterocycles. The fraction of sp³-hybridized carbons (Fsp3) is 0.538. The zero-order valence-electron chi connectivity index (χ0n) is 10.9. The molecule has 0 aliphatic heterocycles. The van der Waals surface area contributed by atoms with Gasteiger partial charge in [-0.05, 0) is 18.1 Å². The summed E-state index contributed by atoms with van der Waals surface area (Å²) in [5, 5.41) is 12.2. The van der Waals surface area contributed by atoms with Crippen molar-refractivity contribution in [3.05, 3.63) is 35.4 Å². The lowest BCUT2D eigenvalue weighted by Crippen LogP contribution is -2.26. The summed E-state index contributed by atoms with van der Waals surface area (Å²) in [6.45, 7) is 4.10. The van der Waals surface area contributed by atoms with Crippen LogP contribution in [-0.4, -0.2) is 31.6 Å². The van der Waals surface area contributed by atoms with E-state index in [0.29, 0.717) is 6.54 Å². The maximum Gasteiger partial charge on any atom is 0.151 e. The Labute approximate surface area is 109 Å². The molecule has 0 aromatic heterocycles. The monoisotopic (exact) mass is 271 g/mol. The first-order valence-corrected chi connectivity index (χ1v) is 7.94. The molecule has 0 aliphatic rings. The van der Waals surface area contributed by atoms with Gasteiger partial charge < -0.3 is 10.4 Å². The van der Waals surface area contributed by atoms with Crippen LogP contribution in [0.3, 0.4) is 0 Å². The minimum Gasteiger partial charge on any atom is -0.392 e. The van der Waals surface area contributed by atoms with Crippen molar-refractivity contribution in [2.75, 3.05) is 18.1 Å². The van der Waals surface area contributed by atoms with Gasteiger partial charge in [-0.15, -0.1) is 0 Å². The molecule has 0 bridgehead atoms. The molecule has 0 amide bonds. The molecule has 2 N–H and O–H groups in total. The molecule has 1 rings (SSSR count). The third-order valence-electron chi connectivity index (χ3n) is 2.94. The van der Waals surface area contributed by atoms with E-state index in [4.69, 9.17) is 5.11 Å². The fourth-order valence-corrected chi connectivity index (χ4v) is 2.37. The normalized spacial score (nSPS) is 13.5. The summed E-state index contributed by atoms with van der Waals surface area (Å²) in [4.78, 5) is 0. The summed E-state index contributed by atoms with van der Waals surface area (Å²) in [6, 6.07) is 7.71. The lowest BCUT2D eigenvalue weighted by atomic mass is 10.1. The molecule has 0 saturated heterocycles. The highest BCUT2D eigenvalue weighted by Gasteiger charge is 2.09. The third-order valence-corrected chi connectivity index (χ3v) is 4.64. The Morgan fingerprint density at radius 1 is 1.39 bits per heavy atom. The average molecular weight is 271 g/mol. The highest BCUT2D eigenvalue weighted by molar-refractivity contribution is 7.91. The lowest BCUT2D eigenvalue weighted by molar-refractivity contribution is 0.281. The minimum atomic E-state index is -2.91. The summed E-state index contributed by atoms with van der Waals surface area (Å²) in [5.41, 5.74) is 1.91. The number of hydrogen-bond donors (Lipinski definition) is 2. The topological polar surface area (TPSA) is 66.4 Å². The number of benzene rings is 1. The van der Waals surface area contributed by atoms with E-state index < -0.39 is 9.84 Å². The molecule has 0 saturated carbocycles. The number of aliphatic hydroxyl groups excluding tert-OH is 1. The maximum atomic E-state index is 11.3. The molecule has 18 heavy (non-hydrogen) atoms. The fourth-order valence-electron chi connectivity index (χ4n) is 1.65. The van der Waals surface area contributed by atoms with Crippen LogP contribution in [0.25, 0.3) is 0 Å². The van der Waals surface area contributed by atoms with Gasteiger partial charge >= 0.3 is 0 Å². The molecule has 1 aromatic rings. The molecule has 0 aliphatic carbocycles. The van der Waals surface area contributed by atoms with Crippen LogP contribution in [0.15, 0.2) is 24.3 Å². The predicted octanol–water partition coefficient (Wildman–Crippen LogP) is 1.26. The first kappa shape index (κ1) is 15.1. The van der Waals surface area contributed by atoms with Gasteiger partial charge in [0.25, 0.3) is 0 Å². The summed E-state index contributed by atoms with van der Waals surface area (Å²) in [5.74, 6) is 0.344. The van der Waals surface area contributed by atoms with E-state index >= 15 is 0 Å². The van der Waals surface area contributed by atoms with Gasteiger partial charge in [-0.1, -0.05) is 31.2 Å². The second kappa shape index (κ2) is 6.87. The van der Waals surface area contributed by atoms with Crippen LogP contribution in [-0.2, 0) is 16.4 Å². The van der Waals surface area contributed by atoms with Crippen molar-refractivity contribution in [2.45, 2.75) is 26.5 Å². The highest BCUT2D eigenvalue weighted by Crippen LogP contribution is 2.14. The Balaban J connectivity index is 2.52. The Morgan fingerprint density at radius 2 is 2.11 bits per heavy atom. The molecule has 4 nitrogen and oxygen atoms in total. The van der Waals surface area contributed by atoms with Gasteiger partial charge in [0.2, 0.25) is 0 Å². The summed E-state index contributed by atoms with van der Waals surface area (Å²) < 4.78 is 22.7. The molecule has 0 radical (unpaired) electrons. The third kappa shape index (κ3) is 4.76. The van der Waals surface area contributed by atoms with E-state index in [-0.39, 0.29) is 24.2 Å². The van der Waals surface area contributed by atoms with Crippen molar-refractivity contribution in [1.82, 2.24) is 5.32 Å². The van der Waals surface area contributed by atoms with Crippen molar-refractivity contribution in [1.29, 1.82) is 0 Å². The molecule has 0 spiro atoms. The average Bonchev–Trinajstić information content (AvgIpc) is 2.38. The van der Waals surface area contributed by atoms with Crippen molar-refractivity contribution >= 4 is 9.84 Å². The van der Waals surface area contributed by atoms with Crippen molar-refractivity contribution < 1.29 is 13.5 Å². The largest absolute Gasteiger partial charge is 0.392 e. The molecular formula is C13H21NO3S. The number of aliphatic hydroxyl groups is 1. The predicted molar refractivity (Wildman–Crippen MR) is 73.1 cm³/mol. The number of sulfone groups is 1. The zero-order valence-corrected chi connectivity index (χ0v) is 11.7. The Bertz CT molecular complexity index is 471. The first-order valence-electron chi connectivity index (χ1n) is 6.12. The van der Waals surface area contributed by atoms with Crippen LogP contribution in [0.1, 0.15) is 31.0 Å². The second-order valence-corrected chi connectivity index (χ2v) is 6.79. The van der Waals surface area contributed by atoms with E-state index in [0.717, 1.165) is 11.1 Å². The van der Waals surface area contributed by atoms with Crippen molar-refractivity contribution in [3.63, 3.8) is 0 Å². The van der Waals surface area contributed by atoms with Crippen LogP contribution < -0.4 is 5.32 Å². The van der Waals surface area contributed by atoms with Gasteiger partial charge in [0.1, 0.15) is 0 Å². The van der Waals surface area contributed by atoms with Gasteiger partial charge in [-0.2, -0.15) is 0 Å². The van der Waals surface area contributed by atoms with Crippen LogP contribution in [0.5, 0.6) is 0 Å². The Kier molecular flexibility index (Phi) is 5.78. The summed E-state index contributed by atoms with van der Waals surface area (Å²) in [6.07, 6.45) is 0. The number of rotatable bonds is 7. The van der Waals surface area contributed by atoms with Gasteiger partial charge in [0, 0.05) is 18.3 Å². The first-order chi connectivity index (χ1) is 8.48. The van der Waals surface area contributed by atoms with E-state index in [1.165, 1.54) is 0 Å². The summed E-state index contributed by atoms with van der Waals surface area (Å²) in [7, 11) is -2.91. The maximum absolute atomic E-state index is 11.3. The number of nitrogens with one attached hydrogen (secondary N) is 1. The van der Waals surface area contributed by atoms with Crippen LogP contribution >= 0.6 is 0 Å². The molecule has 5 heteroatoms.